The van der Waals surface area contributed by atoms with E-state index in [2.05, 4.69) is 48.3 Å². The maximum atomic E-state index is 4.49. The van der Waals surface area contributed by atoms with Crippen molar-refractivity contribution in [1.82, 2.24) is 9.97 Å². The lowest BCUT2D eigenvalue weighted by Crippen LogP contribution is -2.22. The maximum Gasteiger partial charge on any atom is 0.134 e. The first-order valence-electron chi connectivity index (χ1n) is 8.44. The summed E-state index contributed by atoms with van der Waals surface area (Å²) in [6.07, 6.45) is 7.59. The summed E-state index contributed by atoms with van der Waals surface area (Å²) in [5.41, 5.74) is 1.74. The van der Waals surface area contributed by atoms with Gasteiger partial charge in [-0.25, -0.2) is 9.97 Å². The molecule has 1 saturated carbocycles. The average molecular weight is 290 g/mol. The second-order valence-corrected chi connectivity index (χ2v) is 6.60. The second kappa shape index (κ2) is 7.10. The molecule has 2 N–H and O–H groups in total. The highest BCUT2D eigenvalue weighted by atomic mass is 15.1. The summed E-state index contributed by atoms with van der Waals surface area (Å²) in [5.74, 6) is 2.77. The summed E-state index contributed by atoms with van der Waals surface area (Å²) in [6.45, 7) is 11.0. The van der Waals surface area contributed by atoms with Gasteiger partial charge < -0.3 is 10.6 Å². The molecular weight excluding hydrogens is 260 g/mol. The lowest BCUT2D eigenvalue weighted by Gasteiger charge is -2.22. The number of aromatic nitrogens is 2. The fourth-order valence-electron chi connectivity index (χ4n) is 2.83. The van der Waals surface area contributed by atoms with E-state index in [9.17, 15) is 0 Å². The van der Waals surface area contributed by atoms with Crippen LogP contribution >= 0.6 is 0 Å². The predicted octanol–water partition coefficient (Wildman–Crippen LogP) is 4.10. The van der Waals surface area contributed by atoms with E-state index in [1.807, 2.05) is 0 Å². The molecular formula is C17H30N4. The van der Waals surface area contributed by atoms with Crippen LogP contribution in [-0.2, 0) is 6.42 Å². The molecule has 0 amide bonds. The Morgan fingerprint density at radius 3 is 2.29 bits per heavy atom. The van der Waals surface area contributed by atoms with E-state index in [1.165, 1.54) is 18.4 Å². The molecule has 0 radical (unpaired) electrons. The van der Waals surface area contributed by atoms with E-state index in [0.29, 0.717) is 5.41 Å². The van der Waals surface area contributed by atoms with Gasteiger partial charge in [-0.2, -0.15) is 0 Å². The highest BCUT2D eigenvalue weighted by Crippen LogP contribution is 2.51. The molecule has 1 aromatic rings. The van der Waals surface area contributed by atoms with E-state index < -0.39 is 0 Å². The molecule has 0 aromatic carbocycles. The van der Waals surface area contributed by atoms with E-state index >= 15 is 0 Å². The molecule has 2 rings (SSSR count). The molecule has 1 aliphatic carbocycles. The lowest BCUT2D eigenvalue weighted by molar-refractivity contribution is 0.379. The second-order valence-electron chi connectivity index (χ2n) is 6.60. The summed E-state index contributed by atoms with van der Waals surface area (Å²) < 4.78 is 0. The SMILES string of the molecule is CCCNc1ncnc(NCC2(C(C)C)CC2)c1CCC. The first kappa shape index (κ1) is 16.1. The Morgan fingerprint density at radius 2 is 1.76 bits per heavy atom. The quantitative estimate of drug-likeness (QED) is 0.719. The van der Waals surface area contributed by atoms with Crippen LogP contribution in [0.25, 0.3) is 0 Å². The molecule has 1 aromatic heterocycles. The average Bonchev–Trinajstić information content (AvgIpc) is 3.26. The van der Waals surface area contributed by atoms with E-state index in [-0.39, 0.29) is 0 Å². The van der Waals surface area contributed by atoms with Gasteiger partial charge in [-0.15, -0.1) is 0 Å². The van der Waals surface area contributed by atoms with Crippen LogP contribution < -0.4 is 10.6 Å². The Balaban J connectivity index is 2.10. The molecule has 4 heteroatoms. The van der Waals surface area contributed by atoms with Gasteiger partial charge in [0.05, 0.1) is 0 Å². The monoisotopic (exact) mass is 290 g/mol. The first-order valence-corrected chi connectivity index (χ1v) is 8.44. The molecule has 0 atom stereocenters. The Morgan fingerprint density at radius 1 is 1.10 bits per heavy atom. The molecule has 0 spiro atoms. The van der Waals surface area contributed by atoms with Crippen molar-refractivity contribution < 1.29 is 0 Å². The van der Waals surface area contributed by atoms with Gasteiger partial charge in [0.15, 0.2) is 0 Å². The number of nitrogens with zero attached hydrogens (tertiary/aromatic N) is 2. The highest BCUT2D eigenvalue weighted by molar-refractivity contribution is 5.57. The molecule has 0 aliphatic heterocycles. The third kappa shape index (κ3) is 3.86. The summed E-state index contributed by atoms with van der Waals surface area (Å²) in [6, 6.07) is 0. The standard InChI is InChI=1S/C17H30N4/c1-5-7-14-15(18-10-6-2)20-12-21-16(14)19-11-17(8-9-17)13(3)4/h12-13H,5-11H2,1-4H3,(H2,18,19,20,21). The minimum atomic E-state index is 0.492. The molecule has 0 saturated heterocycles. The van der Waals surface area contributed by atoms with Gasteiger partial charge in [-0.05, 0) is 37.0 Å². The van der Waals surface area contributed by atoms with Gasteiger partial charge in [0, 0.05) is 18.7 Å². The number of hydrogen-bond donors (Lipinski definition) is 2. The Bertz CT molecular complexity index is 452. The van der Waals surface area contributed by atoms with Crippen molar-refractivity contribution in [3.8, 4) is 0 Å². The molecule has 1 fully saturated rings. The van der Waals surface area contributed by atoms with Crippen LogP contribution in [-0.4, -0.2) is 23.1 Å². The number of hydrogen-bond acceptors (Lipinski definition) is 4. The van der Waals surface area contributed by atoms with Crippen LogP contribution in [0.2, 0.25) is 0 Å². The van der Waals surface area contributed by atoms with Crippen LogP contribution in [0.4, 0.5) is 11.6 Å². The van der Waals surface area contributed by atoms with Crippen molar-refractivity contribution in [2.24, 2.45) is 11.3 Å². The van der Waals surface area contributed by atoms with Crippen molar-refractivity contribution >= 4 is 11.6 Å². The van der Waals surface area contributed by atoms with Crippen LogP contribution in [0, 0.1) is 11.3 Å². The largest absolute Gasteiger partial charge is 0.370 e. The summed E-state index contributed by atoms with van der Waals surface area (Å²) in [4.78, 5) is 8.92. The smallest absolute Gasteiger partial charge is 0.134 e. The van der Waals surface area contributed by atoms with Crippen LogP contribution in [0.1, 0.15) is 58.9 Å². The first-order chi connectivity index (χ1) is 10.1. The van der Waals surface area contributed by atoms with E-state index in [1.54, 1.807) is 6.33 Å². The van der Waals surface area contributed by atoms with Gasteiger partial charge in [0.25, 0.3) is 0 Å². The van der Waals surface area contributed by atoms with Gasteiger partial charge in [0.2, 0.25) is 0 Å². The number of anilines is 2. The third-order valence-electron chi connectivity index (χ3n) is 4.71. The highest BCUT2D eigenvalue weighted by Gasteiger charge is 2.45. The minimum Gasteiger partial charge on any atom is -0.370 e. The van der Waals surface area contributed by atoms with E-state index in [4.69, 9.17) is 0 Å². The zero-order valence-electron chi connectivity index (χ0n) is 14.0. The minimum absolute atomic E-state index is 0.492. The third-order valence-corrected chi connectivity index (χ3v) is 4.71. The summed E-state index contributed by atoms with van der Waals surface area (Å²) in [7, 11) is 0. The van der Waals surface area contributed by atoms with Gasteiger partial charge in [0.1, 0.15) is 18.0 Å². The molecule has 4 nitrogen and oxygen atoms in total. The van der Waals surface area contributed by atoms with E-state index in [0.717, 1.165) is 49.9 Å². The molecule has 21 heavy (non-hydrogen) atoms. The zero-order chi connectivity index (χ0) is 15.3. The Hall–Kier alpha value is -1.32. The molecule has 0 unspecified atom stereocenters. The van der Waals surface area contributed by atoms with Crippen molar-refractivity contribution in [2.75, 3.05) is 23.7 Å². The van der Waals surface area contributed by atoms with Crippen LogP contribution in [0.15, 0.2) is 6.33 Å². The van der Waals surface area contributed by atoms with Crippen molar-refractivity contribution in [3.63, 3.8) is 0 Å². The zero-order valence-corrected chi connectivity index (χ0v) is 14.0. The van der Waals surface area contributed by atoms with Gasteiger partial charge in [-0.3, -0.25) is 0 Å². The summed E-state index contributed by atoms with van der Waals surface area (Å²) >= 11 is 0. The molecule has 0 bridgehead atoms. The van der Waals surface area contributed by atoms with Crippen LogP contribution in [0.5, 0.6) is 0 Å². The summed E-state index contributed by atoms with van der Waals surface area (Å²) in [5, 5.41) is 7.04. The van der Waals surface area contributed by atoms with Crippen molar-refractivity contribution in [2.45, 2.75) is 59.8 Å². The molecule has 1 heterocycles. The van der Waals surface area contributed by atoms with Crippen molar-refractivity contribution in [3.05, 3.63) is 11.9 Å². The van der Waals surface area contributed by atoms with Crippen LogP contribution in [0.3, 0.4) is 0 Å². The lowest BCUT2D eigenvalue weighted by atomic mass is 9.92. The molecule has 1 aliphatic rings. The number of nitrogens with one attached hydrogen (secondary N) is 2. The van der Waals surface area contributed by atoms with Gasteiger partial charge >= 0.3 is 0 Å². The Labute approximate surface area is 129 Å². The number of rotatable bonds is 9. The van der Waals surface area contributed by atoms with Crippen molar-refractivity contribution in [1.29, 1.82) is 0 Å². The Kier molecular flexibility index (Phi) is 5.43. The fourth-order valence-corrected chi connectivity index (χ4v) is 2.83. The van der Waals surface area contributed by atoms with Gasteiger partial charge in [-0.1, -0.05) is 34.1 Å². The topological polar surface area (TPSA) is 49.8 Å². The molecule has 118 valence electrons. The predicted molar refractivity (Wildman–Crippen MR) is 89.8 cm³/mol. The maximum absolute atomic E-state index is 4.49. The fraction of sp³-hybridized carbons (Fsp3) is 0.765. The normalized spacial score (nSPS) is 16.0.